The number of likely N-dealkylation sites (tertiary alicyclic amines) is 1. The lowest BCUT2D eigenvalue weighted by atomic mass is 10.2. The molecule has 1 aliphatic heterocycles. The number of ether oxygens (including phenoxy) is 1. The maximum atomic E-state index is 11.9. The number of likely N-dealkylation sites (N-methyl/N-ethyl adjacent to an activating group) is 1. The van der Waals surface area contributed by atoms with Crippen molar-refractivity contribution in [2.24, 2.45) is 4.99 Å². The maximum Gasteiger partial charge on any atom is 0.243 e. The predicted octanol–water partition coefficient (Wildman–Crippen LogP) is 1.70. The zero-order valence-electron chi connectivity index (χ0n) is 18.4. The molecule has 1 aliphatic rings. The van der Waals surface area contributed by atoms with Gasteiger partial charge in [0.25, 0.3) is 0 Å². The van der Waals surface area contributed by atoms with Crippen LogP contribution in [-0.4, -0.2) is 80.7 Å². The van der Waals surface area contributed by atoms with E-state index in [4.69, 9.17) is 4.74 Å². The molecule has 162 valence electrons. The Balaban J connectivity index is 1.90. The van der Waals surface area contributed by atoms with Crippen molar-refractivity contribution in [2.75, 3.05) is 46.9 Å². The fraction of sp³-hybridized carbons (Fsp3) is 0.636. The van der Waals surface area contributed by atoms with Crippen molar-refractivity contribution in [1.82, 2.24) is 20.4 Å². The Morgan fingerprint density at radius 2 is 2.07 bits per heavy atom. The van der Waals surface area contributed by atoms with E-state index in [0.717, 1.165) is 45.7 Å². The van der Waals surface area contributed by atoms with E-state index in [-0.39, 0.29) is 12.5 Å². The number of amides is 1. The molecule has 1 heterocycles. The van der Waals surface area contributed by atoms with E-state index >= 15 is 0 Å². The van der Waals surface area contributed by atoms with Crippen LogP contribution in [0.4, 0.5) is 0 Å². The number of carbonyl (C=O) groups excluding carboxylic acids is 1. The van der Waals surface area contributed by atoms with Crippen LogP contribution in [0.15, 0.2) is 35.3 Å². The largest absolute Gasteiger partial charge is 0.382 e. The van der Waals surface area contributed by atoms with Gasteiger partial charge in [0.1, 0.15) is 6.54 Å². The third kappa shape index (κ3) is 8.41. The summed E-state index contributed by atoms with van der Waals surface area (Å²) in [6, 6.07) is 11.4. The minimum atomic E-state index is -0.00842. The molecule has 1 saturated heterocycles. The molecule has 2 N–H and O–H groups in total. The van der Waals surface area contributed by atoms with Crippen LogP contribution in [-0.2, 0) is 16.1 Å². The Morgan fingerprint density at radius 3 is 2.76 bits per heavy atom. The first-order chi connectivity index (χ1) is 14.0. The molecule has 7 nitrogen and oxygen atoms in total. The molecular weight excluding hydrogens is 366 g/mol. The normalized spacial score (nSPS) is 19.9. The van der Waals surface area contributed by atoms with Gasteiger partial charge < -0.3 is 20.3 Å². The molecule has 1 amide bonds. The van der Waals surface area contributed by atoms with Gasteiger partial charge in [-0.2, -0.15) is 0 Å². The minimum absolute atomic E-state index is 0.00842. The summed E-state index contributed by atoms with van der Waals surface area (Å²) >= 11 is 0. The van der Waals surface area contributed by atoms with Crippen molar-refractivity contribution >= 4 is 11.9 Å². The van der Waals surface area contributed by atoms with Crippen LogP contribution >= 0.6 is 0 Å². The lowest BCUT2D eigenvalue weighted by molar-refractivity contribution is -0.127. The van der Waals surface area contributed by atoms with Crippen molar-refractivity contribution in [3.05, 3.63) is 35.9 Å². The second-order valence-electron chi connectivity index (χ2n) is 7.77. The molecule has 1 aromatic rings. The van der Waals surface area contributed by atoms with Crippen molar-refractivity contribution in [2.45, 2.75) is 45.3 Å². The molecule has 2 rings (SSSR count). The Kier molecular flexibility index (Phi) is 9.94. The van der Waals surface area contributed by atoms with Crippen LogP contribution in [0.2, 0.25) is 0 Å². The number of benzene rings is 1. The first kappa shape index (κ1) is 23.2. The van der Waals surface area contributed by atoms with Crippen LogP contribution in [0.5, 0.6) is 0 Å². The van der Waals surface area contributed by atoms with E-state index in [2.05, 4.69) is 57.8 Å². The van der Waals surface area contributed by atoms with E-state index in [1.165, 1.54) is 5.56 Å². The molecule has 0 spiro atoms. The van der Waals surface area contributed by atoms with Gasteiger partial charge in [0, 0.05) is 59.0 Å². The highest BCUT2D eigenvalue weighted by Crippen LogP contribution is 2.20. The lowest BCUT2D eigenvalue weighted by Crippen LogP contribution is -2.45. The summed E-state index contributed by atoms with van der Waals surface area (Å²) in [5.74, 6) is 0.696. The third-order valence-electron chi connectivity index (χ3n) is 5.11. The summed E-state index contributed by atoms with van der Waals surface area (Å²) in [7, 11) is 3.50. The SMILES string of the molecule is CCOCCCNC(=NCC(=O)N(C)C)NC1CC(C)N(Cc2ccccc2)C1. The maximum absolute atomic E-state index is 11.9. The van der Waals surface area contributed by atoms with Crippen LogP contribution in [0, 0.1) is 0 Å². The topological polar surface area (TPSA) is 69.2 Å². The molecule has 1 fully saturated rings. The molecule has 0 aliphatic carbocycles. The minimum Gasteiger partial charge on any atom is -0.382 e. The Labute approximate surface area is 175 Å². The lowest BCUT2D eigenvalue weighted by Gasteiger charge is -2.21. The number of hydrogen-bond acceptors (Lipinski definition) is 4. The highest BCUT2D eigenvalue weighted by atomic mass is 16.5. The van der Waals surface area contributed by atoms with Gasteiger partial charge in [-0.15, -0.1) is 0 Å². The summed E-state index contributed by atoms with van der Waals surface area (Å²) < 4.78 is 5.40. The molecule has 0 radical (unpaired) electrons. The van der Waals surface area contributed by atoms with Crippen molar-refractivity contribution in [3.63, 3.8) is 0 Å². The predicted molar refractivity (Wildman–Crippen MR) is 118 cm³/mol. The quantitative estimate of drug-likeness (QED) is 0.354. The molecule has 29 heavy (non-hydrogen) atoms. The zero-order valence-corrected chi connectivity index (χ0v) is 18.4. The Bertz CT molecular complexity index is 635. The fourth-order valence-electron chi connectivity index (χ4n) is 3.40. The molecule has 2 atom stereocenters. The third-order valence-corrected chi connectivity index (χ3v) is 5.11. The van der Waals surface area contributed by atoms with Crippen molar-refractivity contribution < 1.29 is 9.53 Å². The van der Waals surface area contributed by atoms with E-state index in [1.54, 1.807) is 19.0 Å². The van der Waals surface area contributed by atoms with E-state index in [0.29, 0.717) is 18.0 Å². The number of hydrogen-bond donors (Lipinski definition) is 2. The smallest absolute Gasteiger partial charge is 0.243 e. The number of guanidine groups is 1. The summed E-state index contributed by atoms with van der Waals surface area (Å²) in [6.45, 7) is 8.53. The van der Waals surface area contributed by atoms with Gasteiger partial charge in [-0.25, -0.2) is 4.99 Å². The van der Waals surface area contributed by atoms with Crippen LogP contribution in [0.3, 0.4) is 0 Å². The summed E-state index contributed by atoms with van der Waals surface area (Å²) in [5.41, 5.74) is 1.33. The van der Waals surface area contributed by atoms with Crippen LogP contribution < -0.4 is 10.6 Å². The van der Waals surface area contributed by atoms with Crippen molar-refractivity contribution in [3.8, 4) is 0 Å². The number of nitrogens with zero attached hydrogens (tertiary/aromatic N) is 3. The average Bonchev–Trinajstić information content (AvgIpc) is 3.04. The number of carbonyl (C=O) groups is 1. The molecule has 7 heteroatoms. The van der Waals surface area contributed by atoms with Crippen molar-refractivity contribution in [1.29, 1.82) is 0 Å². The molecular formula is C22H37N5O2. The van der Waals surface area contributed by atoms with Gasteiger partial charge in [0.15, 0.2) is 5.96 Å². The van der Waals surface area contributed by atoms with Gasteiger partial charge in [-0.1, -0.05) is 30.3 Å². The molecule has 1 aromatic carbocycles. The number of nitrogens with one attached hydrogen (secondary N) is 2. The van der Waals surface area contributed by atoms with E-state index < -0.39 is 0 Å². The Hall–Kier alpha value is -2.12. The second kappa shape index (κ2) is 12.4. The first-order valence-electron chi connectivity index (χ1n) is 10.6. The molecule has 0 aromatic heterocycles. The van der Waals surface area contributed by atoms with Crippen LogP contribution in [0.1, 0.15) is 32.3 Å². The highest BCUT2D eigenvalue weighted by molar-refractivity contribution is 5.84. The van der Waals surface area contributed by atoms with Gasteiger partial charge in [-0.05, 0) is 32.3 Å². The molecule has 0 saturated carbocycles. The number of rotatable bonds is 10. The first-order valence-corrected chi connectivity index (χ1v) is 10.6. The average molecular weight is 404 g/mol. The molecule has 2 unspecified atom stereocenters. The van der Waals surface area contributed by atoms with Crippen LogP contribution in [0.25, 0.3) is 0 Å². The highest BCUT2D eigenvalue weighted by Gasteiger charge is 2.29. The standard InChI is InChI=1S/C22H37N5O2/c1-5-29-13-9-12-23-22(24-15-21(28)26(3)4)25-20-14-18(2)27(17-20)16-19-10-7-6-8-11-19/h6-8,10-11,18,20H,5,9,12-17H2,1-4H3,(H2,23,24,25). The van der Waals surface area contributed by atoms with Gasteiger partial charge >= 0.3 is 0 Å². The summed E-state index contributed by atoms with van der Waals surface area (Å²) in [4.78, 5) is 20.5. The van der Waals surface area contributed by atoms with E-state index in [9.17, 15) is 4.79 Å². The van der Waals surface area contributed by atoms with Gasteiger partial charge in [-0.3, -0.25) is 9.69 Å². The second-order valence-corrected chi connectivity index (χ2v) is 7.77. The van der Waals surface area contributed by atoms with Gasteiger partial charge in [0.2, 0.25) is 5.91 Å². The molecule has 0 bridgehead atoms. The van der Waals surface area contributed by atoms with E-state index in [1.807, 2.05) is 6.92 Å². The van der Waals surface area contributed by atoms with Gasteiger partial charge in [0.05, 0.1) is 0 Å². The summed E-state index contributed by atoms with van der Waals surface area (Å²) in [5, 5.41) is 6.88. The number of aliphatic imine (C=N–C) groups is 1. The summed E-state index contributed by atoms with van der Waals surface area (Å²) in [6.07, 6.45) is 1.95. The Morgan fingerprint density at radius 1 is 1.31 bits per heavy atom. The zero-order chi connectivity index (χ0) is 21.1. The fourth-order valence-corrected chi connectivity index (χ4v) is 3.40. The monoisotopic (exact) mass is 403 g/mol.